The summed E-state index contributed by atoms with van der Waals surface area (Å²) in [4.78, 5) is 7.18. The van der Waals surface area contributed by atoms with Crippen LogP contribution in [0.15, 0.2) is 29.1 Å². The van der Waals surface area contributed by atoms with Crippen LogP contribution in [-0.4, -0.2) is 9.97 Å². The molecule has 4 heteroatoms. The topological polar surface area (TPSA) is 41.8 Å². The highest BCUT2D eigenvalue weighted by molar-refractivity contribution is 7.71. The second-order valence-electron chi connectivity index (χ2n) is 3.29. The van der Waals surface area contributed by atoms with Crippen molar-refractivity contribution >= 4 is 12.2 Å². The molecule has 2 aromatic rings. The van der Waals surface area contributed by atoms with Gasteiger partial charge in [-0.05, 0) is 18.6 Å². The summed E-state index contributed by atoms with van der Waals surface area (Å²) in [6.45, 7) is 2.12. The molecule has 0 aliphatic heterocycles. The third-order valence-corrected chi connectivity index (χ3v) is 2.57. The van der Waals surface area contributed by atoms with E-state index in [1.54, 1.807) is 12.6 Å². The molecule has 1 N–H and O–H groups in total. The van der Waals surface area contributed by atoms with E-state index < -0.39 is 0 Å². The van der Waals surface area contributed by atoms with E-state index in [1.807, 2.05) is 12.1 Å². The predicted octanol–water partition coefficient (Wildman–Crippen LogP) is 3.35. The summed E-state index contributed by atoms with van der Waals surface area (Å²) in [6, 6.07) is 3.78. The van der Waals surface area contributed by atoms with Crippen LogP contribution in [0.25, 0.3) is 11.5 Å². The van der Waals surface area contributed by atoms with Crippen LogP contribution in [-0.2, 0) is 6.42 Å². The molecule has 0 bridgehead atoms. The molecule has 78 valence electrons. The van der Waals surface area contributed by atoms with Crippen LogP contribution in [0.5, 0.6) is 0 Å². The van der Waals surface area contributed by atoms with Gasteiger partial charge < -0.3 is 9.40 Å². The molecule has 0 aliphatic carbocycles. The summed E-state index contributed by atoms with van der Waals surface area (Å²) in [5.74, 6) is 0.812. The zero-order valence-corrected chi connectivity index (χ0v) is 9.30. The molecular weight excluding hydrogens is 208 g/mol. The van der Waals surface area contributed by atoms with Crippen molar-refractivity contribution in [3.05, 3.63) is 34.9 Å². The Morgan fingerprint density at radius 1 is 1.53 bits per heavy atom. The van der Waals surface area contributed by atoms with Crippen LogP contribution in [0.1, 0.15) is 18.9 Å². The Kier molecular flexibility index (Phi) is 2.97. The second kappa shape index (κ2) is 4.40. The maximum absolute atomic E-state index is 5.36. The monoisotopic (exact) mass is 220 g/mol. The molecule has 3 nitrogen and oxygen atoms in total. The van der Waals surface area contributed by atoms with Crippen LogP contribution >= 0.6 is 12.2 Å². The Balaban J connectivity index is 2.56. The lowest BCUT2D eigenvalue weighted by Gasteiger charge is -2.05. The van der Waals surface area contributed by atoms with Crippen molar-refractivity contribution in [2.75, 3.05) is 0 Å². The summed E-state index contributed by atoms with van der Waals surface area (Å²) in [5, 5.41) is 0. The lowest BCUT2D eigenvalue weighted by Crippen LogP contribution is -1.95. The standard InChI is InChI=1S/C11H12N2OS/c1-2-4-8-10(9-5-3-6-14-9)12-7-13-11(8)15/h3,5-7H,2,4H2,1H3,(H,12,13,15). The molecule has 15 heavy (non-hydrogen) atoms. The maximum atomic E-state index is 5.36. The first kappa shape index (κ1) is 10.1. The van der Waals surface area contributed by atoms with Gasteiger partial charge in [0, 0.05) is 5.56 Å². The molecule has 2 rings (SSSR count). The molecule has 0 spiro atoms. The Morgan fingerprint density at radius 3 is 3.07 bits per heavy atom. The van der Waals surface area contributed by atoms with Crippen LogP contribution in [0.3, 0.4) is 0 Å². The number of hydrogen-bond acceptors (Lipinski definition) is 3. The van der Waals surface area contributed by atoms with Gasteiger partial charge >= 0.3 is 0 Å². The molecule has 0 saturated carbocycles. The van der Waals surface area contributed by atoms with Crippen LogP contribution in [0.2, 0.25) is 0 Å². The van der Waals surface area contributed by atoms with Crippen molar-refractivity contribution in [3.8, 4) is 11.5 Å². The first-order valence-electron chi connectivity index (χ1n) is 4.93. The van der Waals surface area contributed by atoms with Crippen molar-refractivity contribution in [1.29, 1.82) is 0 Å². The number of nitrogens with zero attached hydrogens (tertiary/aromatic N) is 1. The molecule has 0 aromatic carbocycles. The van der Waals surface area contributed by atoms with Gasteiger partial charge in [0.2, 0.25) is 0 Å². The van der Waals surface area contributed by atoms with Gasteiger partial charge in [-0.3, -0.25) is 0 Å². The van der Waals surface area contributed by atoms with E-state index in [0.29, 0.717) is 4.64 Å². The fraction of sp³-hybridized carbons (Fsp3) is 0.273. The van der Waals surface area contributed by atoms with Crippen molar-refractivity contribution in [2.45, 2.75) is 19.8 Å². The summed E-state index contributed by atoms with van der Waals surface area (Å²) in [7, 11) is 0. The SMILES string of the molecule is CCCc1c(-c2ccco2)[nH]cnc1=S. The Morgan fingerprint density at radius 2 is 2.40 bits per heavy atom. The van der Waals surface area contributed by atoms with Gasteiger partial charge in [-0.15, -0.1) is 0 Å². The van der Waals surface area contributed by atoms with E-state index in [0.717, 1.165) is 29.9 Å². The van der Waals surface area contributed by atoms with Crippen molar-refractivity contribution in [2.24, 2.45) is 0 Å². The van der Waals surface area contributed by atoms with Gasteiger partial charge in [-0.1, -0.05) is 25.6 Å². The number of nitrogens with one attached hydrogen (secondary N) is 1. The van der Waals surface area contributed by atoms with Crippen LogP contribution < -0.4 is 0 Å². The minimum atomic E-state index is 0.655. The van der Waals surface area contributed by atoms with E-state index in [9.17, 15) is 0 Å². The molecule has 0 unspecified atom stereocenters. The average molecular weight is 220 g/mol. The van der Waals surface area contributed by atoms with E-state index in [4.69, 9.17) is 16.6 Å². The summed E-state index contributed by atoms with van der Waals surface area (Å²) in [5.41, 5.74) is 2.01. The average Bonchev–Trinajstić information content (AvgIpc) is 2.74. The highest BCUT2D eigenvalue weighted by Gasteiger charge is 2.09. The third-order valence-electron chi connectivity index (χ3n) is 2.22. The molecule has 2 heterocycles. The minimum absolute atomic E-state index is 0.655. The van der Waals surface area contributed by atoms with E-state index in [2.05, 4.69) is 16.9 Å². The van der Waals surface area contributed by atoms with Crippen molar-refractivity contribution < 1.29 is 4.42 Å². The number of rotatable bonds is 3. The number of H-pyrrole nitrogens is 1. The molecule has 0 atom stereocenters. The van der Waals surface area contributed by atoms with Gasteiger partial charge in [0.05, 0.1) is 18.3 Å². The maximum Gasteiger partial charge on any atom is 0.150 e. The van der Waals surface area contributed by atoms with Gasteiger partial charge in [0.25, 0.3) is 0 Å². The Labute approximate surface area is 93.2 Å². The van der Waals surface area contributed by atoms with E-state index >= 15 is 0 Å². The zero-order chi connectivity index (χ0) is 10.7. The van der Waals surface area contributed by atoms with Crippen LogP contribution in [0.4, 0.5) is 0 Å². The lowest BCUT2D eigenvalue weighted by molar-refractivity contribution is 0.578. The Hall–Kier alpha value is -1.42. The smallest absolute Gasteiger partial charge is 0.150 e. The molecule has 0 amide bonds. The van der Waals surface area contributed by atoms with Crippen molar-refractivity contribution in [3.63, 3.8) is 0 Å². The first-order valence-corrected chi connectivity index (χ1v) is 5.34. The first-order chi connectivity index (χ1) is 7.33. The minimum Gasteiger partial charge on any atom is -0.463 e. The number of hydrogen-bond donors (Lipinski definition) is 1. The quantitative estimate of drug-likeness (QED) is 0.806. The molecule has 0 saturated heterocycles. The lowest BCUT2D eigenvalue weighted by atomic mass is 10.1. The number of aromatic amines is 1. The summed E-state index contributed by atoms with van der Waals surface area (Å²) < 4.78 is 6.01. The van der Waals surface area contributed by atoms with Crippen LogP contribution in [0, 0.1) is 4.64 Å². The summed E-state index contributed by atoms with van der Waals surface area (Å²) >= 11 is 5.21. The second-order valence-corrected chi connectivity index (χ2v) is 3.68. The molecule has 2 aromatic heterocycles. The highest BCUT2D eigenvalue weighted by atomic mass is 32.1. The highest BCUT2D eigenvalue weighted by Crippen LogP contribution is 2.22. The third kappa shape index (κ3) is 1.99. The van der Waals surface area contributed by atoms with Crippen molar-refractivity contribution in [1.82, 2.24) is 9.97 Å². The van der Waals surface area contributed by atoms with Gasteiger partial charge in [-0.2, -0.15) is 0 Å². The predicted molar refractivity (Wildman–Crippen MR) is 61.1 cm³/mol. The number of furan rings is 1. The van der Waals surface area contributed by atoms with Gasteiger partial charge in [0.1, 0.15) is 10.4 Å². The summed E-state index contributed by atoms with van der Waals surface area (Å²) in [6.07, 6.45) is 5.22. The van der Waals surface area contributed by atoms with E-state index in [1.165, 1.54) is 0 Å². The molecule has 0 aliphatic rings. The van der Waals surface area contributed by atoms with Gasteiger partial charge in [0.15, 0.2) is 0 Å². The molecular formula is C11H12N2OS. The zero-order valence-electron chi connectivity index (χ0n) is 8.49. The Bertz CT molecular complexity index is 488. The van der Waals surface area contributed by atoms with Gasteiger partial charge in [-0.25, -0.2) is 4.98 Å². The largest absolute Gasteiger partial charge is 0.463 e. The fourth-order valence-electron chi connectivity index (χ4n) is 1.55. The van der Waals surface area contributed by atoms with E-state index in [-0.39, 0.29) is 0 Å². The molecule has 0 fully saturated rings. The normalized spacial score (nSPS) is 10.5. The number of aromatic nitrogens is 2. The fourth-order valence-corrected chi connectivity index (χ4v) is 1.81. The molecule has 0 radical (unpaired) electrons.